The molecule has 2 aromatic heterocycles. The summed E-state index contributed by atoms with van der Waals surface area (Å²) in [4.78, 5) is 29.4. The molecule has 8 heteroatoms. The van der Waals surface area contributed by atoms with Gasteiger partial charge in [-0.25, -0.2) is 4.68 Å². The summed E-state index contributed by atoms with van der Waals surface area (Å²) in [5, 5.41) is 6.96. The monoisotopic (exact) mass is 408 g/mol. The number of fused-ring (bicyclic) bond motifs is 1. The summed E-state index contributed by atoms with van der Waals surface area (Å²) in [6.07, 6.45) is 3.30. The Kier molecular flexibility index (Phi) is 5.85. The van der Waals surface area contributed by atoms with Crippen LogP contribution in [0.4, 0.5) is 5.69 Å². The molecule has 3 aromatic rings. The third-order valence-corrected chi connectivity index (χ3v) is 5.88. The van der Waals surface area contributed by atoms with Gasteiger partial charge in [0.05, 0.1) is 0 Å². The van der Waals surface area contributed by atoms with E-state index in [4.69, 9.17) is 0 Å². The summed E-state index contributed by atoms with van der Waals surface area (Å²) in [5.41, 5.74) is 4.24. The maximum Gasteiger partial charge on any atom is 0.291 e. The van der Waals surface area contributed by atoms with E-state index in [1.54, 1.807) is 29.1 Å². The zero-order valence-electron chi connectivity index (χ0n) is 17.5. The lowest BCUT2D eigenvalue weighted by molar-refractivity contribution is -0.121. The first kappa shape index (κ1) is 20.2. The number of benzene rings is 1. The highest BCUT2D eigenvalue weighted by Crippen LogP contribution is 2.23. The van der Waals surface area contributed by atoms with Gasteiger partial charge in [-0.05, 0) is 43.2 Å². The van der Waals surface area contributed by atoms with Crippen LogP contribution in [0.1, 0.15) is 11.1 Å². The maximum absolute atomic E-state index is 12.3. The molecule has 1 aliphatic rings. The van der Waals surface area contributed by atoms with Crippen molar-refractivity contribution in [2.75, 3.05) is 44.2 Å². The number of aryl methyl sites for hydroxylation is 1. The van der Waals surface area contributed by atoms with Crippen LogP contribution >= 0.6 is 0 Å². The molecule has 1 aromatic carbocycles. The zero-order chi connectivity index (χ0) is 21.1. The summed E-state index contributed by atoms with van der Waals surface area (Å²) in [7, 11) is 0. The van der Waals surface area contributed by atoms with Crippen molar-refractivity contribution in [2.24, 2.45) is 0 Å². The number of hydrogen-bond donors (Lipinski definition) is 1. The van der Waals surface area contributed by atoms with E-state index in [9.17, 15) is 9.59 Å². The predicted molar refractivity (Wildman–Crippen MR) is 117 cm³/mol. The summed E-state index contributed by atoms with van der Waals surface area (Å²) < 4.78 is 2.85. The Bertz CT molecular complexity index is 1090. The fourth-order valence-electron chi connectivity index (χ4n) is 3.93. The molecule has 1 saturated heterocycles. The molecule has 1 fully saturated rings. The lowest BCUT2D eigenvalue weighted by Crippen LogP contribution is -2.49. The standard InChI is InChI=1S/C22H28N6O2/c1-17-5-3-6-19(18(17)2)26-13-11-25(12-14-26)10-8-23-21(29)15-28-22(30)20-7-4-9-27(20)16-24-28/h3-7,9,16H,8,10-15H2,1-2H3,(H,23,29). The van der Waals surface area contributed by atoms with Gasteiger partial charge < -0.3 is 14.6 Å². The largest absolute Gasteiger partial charge is 0.369 e. The fraction of sp³-hybridized carbons (Fsp3) is 0.409. The lowest BCUT2D eigenvalue weighted by atomic mass is 10.1. The van der Waals surface area contributed by atoms with Gasteiger partial charge in [0.15, 0.2) is 0 Å². The van der Waals surface area contributed by atoms with E-state index in [0.717, 1.165) is 32.7 Å². The molecular formula is C22H28N6O2. The molecule has 30 heavy (non-hydrogen) atoms. The van der Waals surface area contributed by atoms with Crippen LogP contribution in [-0.4, -0.2) is 64.3 Å². The van der Waals surface area contributed by atoms with Gasteiger partial charge in [-0.1, -0.05) is 12.1 Å². The van der Waals surface area contributed by atoms with Crippen molar-refractivity contribution in [2.45, 2.75) is 20.4 Å². The van der Waals surface area contributed by atoms with Crippen molar-refractivity contribution in [1.82, 2.24) is 24.4 Å². The molecule has 4 rings (SSSR count). The summed E-state index contributed by atoms with van der Waals surface area (Å²) in [5.74, 6) is -0.200. The lowest BCUT2D eigenvalue weighted by Gasteiger charge is -2.37. The summed E-state index contributed by atoms with van der Waals surface area (Å²) >= 11 is 0. The molecule has 0 aliphatic carbocycles. The van der Waals surface area contributed by atoms with Gasteiger partial charge in [0, 0.05) is 51.2 Å². The van der Waals surface area contributed by atoms with E-state index >= 15 is 0 Å². The second-order valence-corrected chi connectivity index (χ2v) is 7.79. The summed E-state index contributed by atoms with van der Waals surface area (Å²) in [6, 6.07) is 9.96. The number of carbonyl (C=O) groups is 1. The third kappa shape index (κ3) is 4.23. The van der Waals surface area contributed by atoms with Gasteiger partial charge in [-0.2, -0.15) is 5.10 Å². The zero-order valence-corrected chi connectivity index (χ0v) is 17.5. The van der Waals surface area contributed by atoms with E-state index in [-0.39, 0.29) is 18.0 Å². The maximum atomic E-state index is 12.3. The average molecular weight is 409 g/mol. The molecule has 0 bridgehead atoms. The smallest absolute Gasteiger partial charge is 0.291 e. The minimum atomic E-state index is -0.264. The van der Waals surface area contributed by atoms with E-state index in [1.165, 1.54) is 21.5 Å². The summed E-state index contributed by atoms with van der Waals surface area (Å²) in [6.45, 7) is 9.52. The number of anilines is 1. The highest BCUT2D eigenvalue weighted by atomic mass is 16.2. The predicted octanol–water partition coefficient (Wildman–Crippen LogP) is 1.05. The molecule has 0 atom stereocenters. The average Bonchev–Trinajstić information content (AvgIpc) is 3.22. The van der Waals surface area contributed by atoms with Crippen LogP contribution in [-0.2, 0) is 11.3 Å². The Morgan fingerprint density at radius 1 is 1.10 bits per heavy atom. The van der Waals surface area contributed by atoms with Gasteiger partial charge in [0.25, 0.3) is 5.56 Å². The Hall–Kier alpha value is -3.13. The SMILES string of the molecule is Cc1cccc(N2CCN(CCNC(=O)Cn3ncn4cccc4c3=O)CC2)c1C. The molecule has 0 spiro atoms. The Morgan fingerprint density at radius 2 is 1.90 bits per heavy atom. The second-order valence-electron chi connectivity index (χ2n) is 7.79. The topological polar surface area (TPSA) is 74.9 Å². The van der Waals surface area contributed by atoms with Crippen molar-refractivity contribution < 1.29 is 4.79 Å². The van der Waals surface area contributed by atoms with Crippen LogP contribution in [0.5, 0.6) is 0 Å². The minimum Gasteiger partial charge on any atom is -0.369 e. The van der Waals surface area contributed by atoms with E-state index < -0.39 is 0 Å². The molecule has 0 saturated carbocycles. The first-order valence-electron chi connectivity index (χ1n) is 10.4. The first-order chi connectivity index (χ1) is 14.5. The van der Waals surface area contributed by atoms with Gasteiger partial charge in [0.2, 0.25) is 5.91 Å². The fourth-order valence-corrected chi connectivity index (χ4v) is 3.93. The minimum absolute atomic E-state index is 0.0685. The van der Waals surface area contributed by atoms with Crippen molar-refractivity contribution in [3.63, 3.8) is 0 Å². The molecule has 1 aliphatic heterocycles. The quantitative estimate of drug-likeness (QED) is 0.660. The number of nitrogens with zero attached hydrogens (tertiary/aromatic N) is 5. The number of piperazine rings is 1. The Morgan fingerprint density at radius 3 is 2.70 bits per heavy atom. The van der Waals surface area contributed by atoms with Crippen LogP contribution < -0.4 is 15.8 Å². The number of rotatable bonds is 6. The number of amides is 1. The molecule has 1 amide bonds. The molecule has 158 valence electrons. The number of carbonyl (C=O) groups excluding carboxylic acids is 1. The van der Waals surface area contributed by atoms with Crippen LogP contribution in [0.2, 0.25) is 0 Å². The van der Waals surface area contributed by atoms with E-state index in [2.05, 4.69) is 52.3 Å². The van der Waals surface area contributed by atoms with Crippen LogP contribution in [0.3, 0.4) is 0 Å². The van der Waals surface area contributed by atoms with Crippen molar-refractivity contribution >= 4 is 17.1 Å². The van der Waals surface area contributed by atoms with Crippen LogP contribution in [0, 0.1) is 13.8 Å². The third-order valence-electron chi connectivity index (χ3n) is 5.88. The van der Waals surface area contributed by atoms with E-state index in [0.29, 0.717) is 12.1 Å². The van der Waals surface area contributed by atoms with Gasteiger partial charge >= 0.3 is 0 Å². The molecule has 1 N–H and O–H groups in total. The van der Waals surface area contributed by atoms with Gasteiger partial charge in [-0.3, -0.25) is 14.5 Å². The van der Waals surface area contributed by atoms with Crippen molar-refractivity contribution in [1.29, 1.82) is 0 Å². The molecule has 0 radical (unpaired) electrons. The first-order valence-corrected chi connectivity index (χ1v) is 10.4. The Balaban J connectivity index is 1.23. The van der Waals surface area contributed by atoms with Gasteiger partial charge in [-0.15, -0.1) is 0 Å². The highest BCUT2D eigenvalue weighted by molar-refractivity contribution is 5.75. The second kappa shape index (κ2) is 8.71. The molecular weight excluding hydrogens is 380 g/mol. The van der Waals surface area contributed by atoms with Crippen LogP contribution in [0.25, 0.3) is 5.52 Å². The van der Waals surface area contributed by atoms with Crippen molar-refractivity contribution in [3.8, 4) is 0 Å². The van der Waals surface area contributed by atoms with Crippen LogP contribution in [0.15, 0.2) is 47.7 Å². The Labute approximate surface area is 175 Å². The molecule has 8 nitrogen and oxygen atoms in total. The number of aromatic nitrogens is 3. The number of hydrogen-bond acceptors (Lipinski definition) is 5. The highest BCUT2D eigenvalue weighted by Gasteiger charge is 2.18. The van der Waals surface area contributed by atoms with E-state index in [1.807, 2.05) is 0 Å². The van der Waals surface area contributed by atoms with Crippen molar-refractivity contribution in [3.05, 3.63) is 64.3 Å². The normalized spacial score (nSPS) is 14.9. The van der Waals surface area contributed by atoms with Gasteiger partial charge in [0.1, 0.15) is 18.4 Å². The molecule has 3 heterocycles. The number of nitrogens with one attached hydrogen (secondary N) is 1. The molecule has 0 unspecified atom stereocenters.